The molecule has 1 N–H and O–H groups in total. The Morgan fingerprint density at radius 2 is 1.80 bits per heavy atom. The van der Waals surface area contributed by atoms with Crippen LogP contribution in [-0.4, -0.2) is 20.9 Å². The zero-order valence-corrected chi connectivity index (χ0v) is 10.7. The molecule has 100 valence electrons. The van der Waals surface area contributed by atoms with Crippen molar-refractivity contribution in [3.8, 4) is 5.69 Å². The largest absolute Gasteiger partial charge is 0.326 e. The van der Waals surface area contributed by atoms with Gasteiger partial charge in [-0.25, -0.2) is 4.39 Å². The third-order valence-electron chi connectivity index (χ3n) is 2.76. The Hall–Kier alpha value is -2.76. The van der Waals surface area contributed by atoms with E-state index >= 15 is 0 Å². The van der Waals surface area contributed by atoms with Gasteiger partial charge in [-0.2, -0.15) is 4.80 Å². The van der Waals surface area contributed by atoms with Crippen molar-refractivity contribution >= 4 is 22.6 Å². The third-order valence-corrected chi connectivity index (χ3v) is 2.76. The van der Waals surface area contributed by atoms with E-state index in [0.717, 1.165) is 0 Å². The second-order valence-electron chi connectivity index (χ2n) is 4.35. The third kappa shape index (κ3) is 2.35. The van der Waals surface area contributed by atoms with Crippen molar-refractivity contribution in [2.24, 2.45) is 0 Å². The highest BCUT2D eigenvalue weighted by Gasteiger charge is 2.06. The topological polar surface area (TPSA) is 59.8 Å². The number of aromatic nitrogens is 3. The number of fused-ring (bicyclic) bond motifs is 1. The molecular formula is C14H11FN4O. The van der Waals surface area contributed by atoms with Gasteiger partial charge in [-0.3, -0.25) is 4.79 Å². The molecule has 2 aromatic carbocycles. The molecule has 0 aliphatic rings. The van der Waals surface area contributed by atoms with Gasteiger partial charge < -0.3 is 5.32 Å². The predicted molar refractivity (Wildman–Crippen MR) is 73.1 cm³/mol. The Balaban J connectivity index is 2.01. The Kier molecular flexibility index (Phi) is 2.90. The number of rotatable bonds is 2. The molecule has 1 aromatic heterocycles. The first kappa shape index (κ1) is 12.3. The van der Waals surface area contributed by atoms with Gasteiger partial charge in [0.25, 0.3) is 0 Å². The summed E-state index contributed by atoms with van der Waals surface area (Å²) in [6.07, 6.45) is 0. The summed E-state index contributed by atoms with van der Waals surface area (Å²) in [6.45, 7) is 1.44. The molecule has 6 heteroatoms. The number of hydrogen-bond donors (Lipinski definition) is 1. The van der Waals surface area contributed by atoms with Crippen LogP contribution < -0.4 is 5.32 Å². The Morgan fingerprint density at radius 1 is 1.10 bits per heavy atom. The van der Waals surface area contributed by atoms with Crippen LogP contribution in [-0.2, 0) is 4.79 Å². The second-order valence-corrected chi connectivity index (χ2v) is 4.35. The van der Waals surface area contributed by atoms with Crippen molar-refractivity contribution in [2.75, 3.05) is 5.32 Å². The SMILES string of the molecule is CC(=O)Nc1ccc2nn(-c3ccc(F)cc3)nc2c1. The molecular weight excluding hydrogens is 259 g/mol. The van der Waals surface area contributed by atoms with Crippen LogP contribution >= 0.6 is 0 Å². The Morgan fingerprint density at radius 3 is 2.50 bits per heavy atom. The van der Waals surface area contributed by atoms with E-state index in [9.17, 15) is 9.18 Å². The summed E-state index contributed by atoms with van der Waals surface area (Å²) in [5.74, 6) is -0.450. The van der Waals surface area contributed by atoms with E-state index in [1.165, 1.54) is 23.9 Å². The fourth-order valence-corrected chi connectivity index (χ4v) is 1.89. The highest BCUT2D eigenvalue weighted by atomic mass is 19.1. The smallest absolute Gasteiger partial charge is 0.221 e. The number of carbonyl (C=O) groups is 1. The van der Waals surface area contributed by atoms with E-state index < -0.39 is 0 Å². The fourth-order valence-electron chi connectivity index (χ4n) is 1.89. The highest BCUT2D eigenvalue weighted by molar-refractivity contribution is 5.91. The van der Waals surface area contributed by atoms with E-state index in [1.54, 1.807) is 30.3 Å². The van der Waals surface area contributed by atoms with Crippen LogP contribution in [0.5, 0.6) is 0 Å². The average Bonchev–Trinajstić information content (AvgIpc) is 2.81. The molecule has 0 saturated heterocycles. The maximum atomic E-state index is 12.9. The first-order valence-electron chi connectivity index (χ1n) is 6.02. The Labute approximate surface area is 114 Å². The van der Waals surface area contributed by atoms with Gasteiger partial charge in [0.15, 0.2) is 0 Å². The van der Waals surface area contributed by atoms with E-state index in [4.69, 9.17) is 0 Å². The zero-order chi connectivity index (χ0) is 14.1. The van der Waals surface area contributed by atoms with Crippen molar-refractivity contribution in [1.82, 2.24) is 15.0 Å². The summed E-state index contributed by atoms with van der Waals surface area (Å²) in [5, 5.41) is 11.3. The first-order chi connectivity index (χ1) is 9.61. The van der Waals surface area contributed by atoms with E-state index in [-0.39, 0.29) is 11.7 Å². The van der Waals surface area contributed by atoms with Gasteiger partial charge in [-0.05, 0) is 42.5 Å². The summed E-state index contributed by atoms with van der Waals surface area (Å²) >= 11 is 0. The summed E-state index contributed by atoms with van der Waals surface area (Å²) in [7, 11) is 0. The number of halogens is 1. The monoisotopic (exact) mass is 270 g/mol. The van der Waals surface area contributed by atoms with Crippen LogP contribution in [0, 0.1) is 5.82 Å². The van der Waals surface area contributed by atoms with Crippen LogP contribution in [0.1, 0.15) is 6.92 Å². The number of carbonyl (C=O) groups excluding carboxylic acids is 1. The normalized spacial score (nSPS) is 10.7. The molecule has 3 rings (SSSR count). The highest BCUT2D eigenvalue weighted by Crippen LogP contribution is 2.17. The lowest BCUT2D eigenvalue weighted by Crippen LogP contribution is -2.05. The number of benzene rings is 2. The van der Waals surface area contributed by atoms with E-state index in [1.807, 2.05) is 0 Å². The van der Waals surface area contributed by atoms with Crippen LogP contribution in [0.4, 0.5) is 10.1 Å². The van der Waals surface area contributed by atoms with Crippen molar-refractivity contribution in [1.29, 1.82) is 0 Å². The molecule has 0 unspecified atom stereocenters. The Bertz CT molecular complexity index is 779. The zero-order valence-electron chi connectivity index (χ0n) is 10.7. The minimum atomic E-state index is -0.307. The summed E-state index contributed by atoms with van der Waals surface area (Å²) in [5.41, 5.74) is 2.68. The molecule has 0 atom stereocenters. The summed E-state index contributed by atoms with van der Waals surface area (Å²) in [4.78, 5) is 12.5. The van der Waals surface area contributed by atoms with Crippen LogP contribution in [0.2, 0.25) is 0 Å². The van der Waals surface area contributed by atoms with Crippen molar-refractivity contribution in [3.05, 3.63) is 48.3 Å². The van der Waals surface area contributed by atoms with E-state index in [0.29, 0.717) is 22.4 Å². The van der Waals surface area contributed by atoms with Gasteiger partial charge in [-0.15, -0.1) is 10.2 Å². The molecule has 0 bridgehead atoms. The first-order valence-corrected chi connectivity index (χ1v) is 6.02. The van der Waals surface area contributed by atoms with Crippen LogP contribution in [0.3, 0.4) is 0 Å². The standard InChI is InChI=1S/C14H11FN4O/c1-9(20)16-11-4-7-13-14(8-11)18-19(17-13)12-5-2-10(15)3-6-12/h2-8H,1H3,(H,16,20). The average molecular weight is 270 g/mol. The minimum Gasteiger partial charge on any atom is -0.326 e. The van der Waals surface area contributed by atoms with Crippen molar-refractivity contribution < 1.29 is 9.18 Å². The fraction of sp³-hybridized carbons (Fsp3) is 0.0714. The van der Waals surface area contributed by atoms with Crippen LogP contribution in [0.15, 0.2) is 42.5 Å². The quantitative estimate of drug-likeness (QED) is 0.778. The summed E-state index contributed by atoms with van der Waals surface area (Å²) < 4.78 is 12.9. The number of amides is 1. The molecule has 0 radical (unpaired) electrons. The summed E-state index contributed by atoms with van der Waals surface area (Å²) in [6, 6.07) is 11.2. The maximum Gasteiger partial charge on any atom is 0.221 e. The van der Waals surface area contributed by atoms with Gasteiger partial charge in [-0.1, -0.05) is 0 Å². The molecule has 0 aliphatic carbocycles. The van der Waals surface area contributed by atoms with Crippen molar-refractivity contribution in [3.63, 3.8) is 0 Å². The molecule has 0 spiro atoms. The lowest BCUT2D eigenvalue weighted by molar-refractivity contribution is -0.114. The number of nitrogens with zero attached hydrogens (tertiary/aromatic N) is 3. The van der Waals surface area contributed by atoms with Gasteiger partial charge in [0, 0.05) is 12.6 Å². The van der Waals surface area contributed by atoms with Crippen LogP contribution in [0.25, 0.3) is 16.7 Å². The number of nitrogens with one attached hydrogen (secondary N) is 1. The van der Waals surface area contributed by atoms with Gasteiger partial charge >= 0.3 is 0 Å². The molecule has 5 nitrogen and oxygen atoms in total. The molecule has 0 saturated carbocycles. The second kappa shape index (κ2) is 4.73. The predicted octanol–water partition coefficient (Wildman–Crippen LogP) is 2.52. The molecule has 0 fully saturated rings. The van der Waals surface area contributed by atoms with Gasteiger partial charge in [0.2, 0.25) is 5.91 Å². The number of hydrogen-bond acceptors (Lipinski definition) is 3. The van der Waals surface area contributed by atoms with Crippen molar-refractivity contribution in [2.45, 2.75) is 6.92 Å². The lowest BCUT2D eigenvalue weighted by atomic mass is 10.3. The molecule has 0 aliphatic heterocycles. The molecule has 20 heavy (non-hydrogen) atoms. The lowest BCUT2D eigenvalue weighted by Gasteiger charge is -1.99. The minimum absolute atomic E-state index is 0.143. The maximum absolute atomic E-state index is 12.9. The molecule has 1 heterocycles. The molecule has 3 aromatic rings. The number of anilines is 1. The van der Waals surface area contributed by atoms with E-state index in [2.05, 4.69) is 15.5 Å². The van der Waals surface area contributed by atoms with Gasteiger partial charge in [0.05, 0.1) is 5.69 Å². The molecule has 1 amide bonds. The van der Waals surface area contributed by atoms with Gasteiger partial charge in [0.1, 0.15) is 16.9 Å².